The van der Waals surface area contributed by atoms with Crippen molar-refractivity contribution in [2.75, 3.05) is 11.4 Å². The monoisotopic (exact) mass is 371 g/mol. The highest BCUT2D eigenvalue weighted by atomic mass is 127. The van der Waals surface area contributed by atoms with Crippen LogP contribution in [0.1, 0.15) is 32.6 Å². The molecule has 1 aromatic rings. The van der Waals surface area contributed by atoms with Crippen LogP contribution in [-0.2, 0) is 0 Å². The summed E-state index contributed by atoms with van der Waals surface area (Å²) in [6, 6.07) is 4.81. The molecule has 1 saturated carbocycles. The first kappa shape index (κ1) is 13.1. The van der Waals surface area contributed by atoms with E-state index < -0.39 is 0 Å². The first-order valence-corrected chi connectivity index (χ1v) is 8.01. The largest absolute Gasteiger partial charge is 0.326 e. The van der Waals surface area contributed by atoms with Crippen molar-refractivity contribution in [3.8, 4) is 0 Å². The number of anilines is 1. The number of pyridine rings is 1. The number of nitrogens with zero attached hydrogens (tertiary/aromatic N) is 3. The van der Waals surface area contributed by atoms with E-state index in [1.54, 1.807) is 0 Å². The Morgan fingerprint density at radius 2 is 2.05 bits per heavy atom. The zero-order chi connectivity index (χ0) is 13.4. The molecule has 2 aliphatic rings. The predicted molar refractivity (Wildman–Crippen MR) is 83.3 cm³/mol. The summed E-state index contributed by atoms with van der Waals surface area (Å²) in [6.45, 7) is 2.86. The Hall–Kier alpha value is -0.850. The fourth-order valence-electron chi connectivity index (χ4n) is 3.33. The summed E-state index contributed by atoms with van der Waals surface area (Å²) in [6.07, 6.45) is 6.51. The molecule has 4 nitrogen and oxygen atoms in total. The number of fused-ring (bicyclic) bond motifs is 1. The Kier molecular flexibility index (Phi) is 3.64. The van der Waals surface area contributed by atoms with Gasteiger partial charge in [-0.25, -0.2) is 9.78 Å². The molecule has 19 heavy (non-hydrogen) atoms. The summed E-state index contributed by atoms with van der Waals surface area (Å²) in [5.74, 6) is 0.804. The molecule has 102 valence electrons. The zero-order valence-corrected chi connectivity index (χ0v) is 13.2. The number of halogens is 1. The zero-order valence-electron chi connectivity index (χ0n) is 11.1. The molecule has 1 saturated heterocycles. The SMILES string of the molecule is CCN1C(=O)N(c2ccc(I)cn2)C2CCCCC21. The van der Waals surface area contributed by atoms with E-state index in [-0.39, 0.29) is 6.03 Å². The summed E-state index contributed by atoms with van der Waals surface area (Å²) in [7, 11) is 0. The molecule has 2 fully saturated rings. The molecule has 2 atom stereocenters. The number of carbonyl (C=O) groups excluding carboxylic acids is 1. The van der Waals surface area contributed by atoms with Gasteiger partial charge in [0.2, 0.25) is 0 Å². The fourth-order valence-corrected chi connectivity index (χ4v) is 3.65. The van der Waals surface area contributed by atoms with Crippen LogP contribution >= 0.6 is 22.6 Å². The maximum atomic E-state index is 12.6. The fraction of sp³-hybridized carbons (Fsp3) is 0.571. The van der Waals surface area contributed by atoms with Gasteiger partial charge >= 0.3 is 6.03 Å². The Morgan fingerprint density at radius 3 is 2.68 bits per heavy atom. The lowest BCUT2D eigenvalue weighted by Crippen LogP contribution is -2.40. The van der Waals surface area contributed by atoms with Crippen LogP contribution in [0.4, 0.5) is 10.6 Å². The highest BCUT2D eigenvalue weighted by Crippen LogP contribution is 2.36. The van der Waals surface area contributed by atoms with Gasteiger partial charge in [-0.3, -0.25) is 4.90 Å². The van der Waals surface area contributed by atoms with Gasteiger partial charge in [-0.1, -0.05) is 12.8 Å². The van der Waals surface area contributed by atoms with Gasteiger partial charge in [-0.05, 0) is 54.5 Å². The van der Waals surface area contributed by atoms with Gasteiger partial charge in [-0.15, -0.1) is 0 Å². The van der Waals surface area contributed by atoms with Crippen LogP contribution in [0.2, 0.25) is 0 Å². The summed E-state index contributed by atoms with van der Waals surface area (Å²) in [4.78, 5) is 21.0. The van der Waals surface area contributed by atoms with E-state index in [9.17, 15) is 4.79 Å². The molecule has 2 heterocycles. The molecular weight excluding hydrogens is 353 g/mol. The summed E-state index contributed by atoms with van der Waals surface area (Å²) in [5, 5.41) is 0. The first-order chi connectivity index (χ1) is 9.22. The lowest BCUT2D eigenvalue weighted by molar-refractivity contribution is 0.195. The van der Waals surface area contributed by atoms with Crippen molar-refractivity contribution in [2.24, 2.45) is 0 Å². The second kappa shape index (κ2) is 5.26. The van der Waals surface area contributed by atoms with E-state index in [1.807, 2.05) is 28.1 Å². The molecule has 1 aliphatic heterocycles. The quantitative estimate of drug-likeness (QED) is 0.749. The van der Waals surface area contributed by atoms with Crippen molar-refractivity contribution in [3.05, 3.63) is 21.9 Å². The van der Waals surface area contributed by atoms with Gasteiger partial charge in [0, 0.05) is 16.3 Å². The van der Waals surface area contributed by atoms with Crippen molar-refractivity contribution in [1.82, 2.24) is 9.88 Å². The molecule has 2 amide bonds. The Labute approximate surface area is 127 Å². The van der Waals surface area contributed by atoms with Crippen molar-refractivity contribution in [3.63, 3.8) is 0 Å². The molecule has 0 aromatic carbocycles. The van der Waals surface area contributed by atoms with Gasteiger partial charge in [0.1, 0.15) is 5.82 Å². The Balaban J connectivity index is 1.95. The molecule has 3 rings (SSSR count). The van der Waals surface area contributed by atoms with E-state index >= 15 is 0 Å². The van der Waals surface area contributed by atoms with Crippen LogP contribution in [0.3, 0.4) is 0 Å². The summed E-state index contributed by atoms with van der Waals surface area (Å²) in [5.41, 5.74) is 0. The van der Waals surface area contributed by atoms with E-state index in [0.29, 0.717) is 12.1 Å². The van der Waals surface area contributed by atoms with Crippen LogP contribution in [0.5, 0.6) is 0 Å². The number of carbonyl (C=O) groups is 1. The average molecular weight is 371 g/mol. The van der Waals surface area contributed by atoms with Crippen molar-refractivity contribution >= 4 is 34.4 Å². The van der Waals surface area contributed by atoms with Crippen LogP contribution in [0, 0.1) is 3.57 Å². The second-order valence-electron chi connectivity index (χ2n) is 5.19. The minimum Gasteiger partial charge on any atom is -0.320 e. The smallest absolute Gasteiger partial charge is 0.320 e. The summed E-state index contributed by atoms with van der Waals surface area (Å²) < 4.78 is 1.10. The maximum absolute atomic E-state index is 12.6. The molecular formula is C14H18IN3O. The average Bonchev–Trinajstić information content (AvgIpc) is 2.71. The Bertz CT molecular complexity index is 476. The number of likely N-dealkylation sites (N-methyl/N-ethyl adjacent to an activating group) is 1. The molecule has 1 aliphatic carbocycles. The van der Waals surface area contributed by atoms with Gasteiger partial charge < -0.3 is 4.90 Å². The first-order valence-electron chi connectivity index (χ1n) is 6.93. The lowest BCUT2D eigenvalue weighted by Gasteiger charge is -2.31. The van der Waals surface area contributed by atoms with E-state index in [4.69, 9.17) is 0 Å². The van der Waals surface area contributed by atoms with Crippen LogP contribution in [0.15, 0.2) is 18.3 Å². The van der Waals surface area contributed by atoms with E-state index in [1.165, 1.54) is 12.8 Å². The van der Waals surface area contributed by atoms with Crippen molar-refractivity contribution < 1.29 is 4.79 Å². The van der Waals surface area contributed by atoms with E-state index in [2.05, 4.69) is 34.5 Å². The lowest BCUT2D eigenvalue weighted by atomic mass is 9.90. The van der Waals surface area contributed by atoms with Gasteiger partial charge in [0.05, 0.1) is 12.1 Å². The predicted octanol–water partition coefficient (Wildman–Crippen LogP) is 3.26. The number of aromatic nitrogens is 1. The number of hydrogen-bond donors (Lipinski definition) is 0. The second-order valence-corrected chi connectivity index (χ2v) is 6.44. The number of rotatable bonds is 2. The van der Waals surface area contributed by atoms with Gasteiger partial charge in [0.15, 0.2) is 0 Å². The van der Waals surface area contributed by atoms with Gasteiger partial charge in [-0.2, -0.15) is 0 Å². The molecule has 2 unspecified atom stereocenters. The molecule has 5 heteroatoms. The Morgan fingerprint density at radius 1 is 1.32 bits per heavy atom. The van der Waals surface area contributed by atoms with Crippen molar-refractivity contribution in [2.45, 2.75) is 44.7 Å². The van der Waals surface area contributed by atoms with Gasteiger partial charge in [0.25, 0.3) is 0 Å². The molecule has 0 spiro atoms. The highest BCUT2D eigenvalue weighted by molar-refractivity contribution is 14.1. The maximum Gasteiger partial charge on any atom is 0.326 e. The van der Waals surface area contributed by atoms with E-state index in [0.717, 1.165) is 28.8 Å². The molecule has 0 radical (unpaired) electrons. The minimum absolute atomic E-state index is 0.133. The standard InChI is InChI=1S/C14H18IN3O/c1-2-17-11-5-3-4-6-12(11)18(14(17)19)13-8-7-10(15)9-16-13/h7-9,11-12H,2-6H2,1H3. The number of hydrogen-bond acceptors (Lipinski definition) is 2. The normalized spacial score (nSPS) is 26.7. The number of urea groups is 1. The third kappa shape index (κ3) is 2.22. The minimum atomic E-state index is 0.133. The van der Waals surface area contributed by atoms with Crippen LogP contribution < -0.4 is 4.90 Å². The van der Waals surface area contributed by atoms with Crippen LogP contribution in [-0.4, -0.2) is 34.5 Å². The molecule has 1 aromatic heterocycles. The van der Waals surface area contributed by atoms with Crippen LogP contribution in [0.25, 0.3) is 0 Å². The van der Waals surface area contributed by atoms with Crippen molar-refractivity contribution in [1.29, 1.82) is 0 Å². The third-order valence-electron chi connectivity index (χ3n) is 4.18. The summed E-state index contributed by atoms with van der Waals surface area (Å²) >= 11 is 2.24. The third-order valence-corrected chi connectivity index (χ3v) is 4.82. The molecule has 0 bridgehead atoms. The molecule has 0 N–H and O–H groups in total. The topological polar surface area (TPSA) is 36.4 Å². The number of amides is 2. The highest BCUT2D eigenvalue weighted by Gasteiger charge is 2.46.